The van der Waals surface area contributed by atoms with E-state index in [-0.39, 0.29) is 13.0 Å². The van der Waals surface area contributed by atoms with Gasteiger partial charge in [0.25, 0.3) is 0 Å². The van der Waals surface area contributed by atoms with E-state index in [1.165, 1.54) is 122 Å². The molecule has 0 spiro atoms. The third-order valence-electron chi connectivity index (χ3n) is 9.45. The van der Waals surface area contributed by atoms with Crippen LogP contribution in [-0.4, -0.2) is 60.5 Å². The van der Waals surface area contributed by atoms with Crippen molar-refractivity contribution < 1.29 is 42.7 Å². The number of rotatable bonds is 42. The molecule has 3 unspecified atom stereocenters. The number of phosphoric ester groups is 1. The van der Waals surface area contributed by atoms with Crippen LogP contribution in [0.3, 0.4) is 0 Å². The first kappa shape index (κ1) is 52.5. The monoisotopic (exact) mass is 788 g/mol. The lowest BCUT2D eigenvalue weighted by atomic mass is 10.1. The Bertz CT molecular complexity index is 961. The highest BCUT2D eigenvalue weighted by atomic mass is 31.2. The Morgan fingerprint density at radius 1 is 0.574 bits per heavy atom. The van der Waals surface area contributed by atoms with E-state index in [0.29, 0.717) is 13.0 Å². The number of ether oxygens (including phenoxy) is 2. The summed E-state index contributed by atoms with van der Waals surface area (Å²) in [5.41, 5.74) is 5.35. The van der Waals surface area contributed by atoms with Crippen LogP contribution < -0.4 is 5.73 Å². The number of nitrogens with two attached hydrogens (primary N) is 1. The van der Waals surface area contributed by atoms with Crippen molar-refractivity contribution in [1.82, 2.24) is 0 Å². The molecule has 0 amide bonds. The molecule has 0 aliphatic heterocycles. The summed E-state index contributed by atoms with van der Waals surface area (Å²) in [5, 5.41) is 8.89. The number of hydrogen-bond donors (Lipinski definition) is 3. The van der Waals surface area contributed by atoms with Gasteiger partial charge in [-0.3, -0.25) is 18.6 Å². The molecule has 0 rings (SSSR count). The fourth-order valence-electron chi connectivity index (χ4n) is 6.00. The van der Waals surface area contributed by atoms with Gasteiger partial charge in [0.1, 0.15) is 12.1 Å². The zero-order chi connectivity index (χ0) is 39.8. The smallest absolute Gasteiger partial charge is 0.472 e. The van der Waals surface area contributed by atoms with Crippen LogP contribution in [0.1, 0.15) is 200 Å². The van der Waals surface area contributed by atoms with Gasteiger partial charge in [0.2, 0.25) is 0 Å². The van der Waals surface area contributed by atoms with Crippen molar-refractivity contribution in [3.8, 4) is 0 Å². The Morgan fingerprint density at radius 2 is 0.963 bits per heavy atom. The number of esters is 1. The van der Waals surface area contributed by atoms with E-state index in [2.05, 4.69) is 38.2 Å². The van der Waals surface area contributed by atoms with Crippen LogP contribution in [-0.2, 0) is 32.7 Å². The molecule has 0 heterocycles. The summed E-state index contributed by atoms with van der Waals surface area (Å²) < 4.78 is 33.3. The largest absolute Gasteiger partial charge is 0.480 e. The highest BCUT2D eigenvalue weighted by Crippen LogP contribution is 2.43. The lowest BCUT2D eigenvalue weighted by molar-refractivity contribution is -0.154. The molecule has 0 saturated heterocycles. The molecule has 10 nitrogen and oxygen atoms in total. The molecule has 54 heavy (non-hydrogen) atoms. The van der Waals surface area contributed by atoms with E-state index in [9.17, 15) is 19.0 Å². The van der Waals surface area contributed by atoms with Crippen LogP contribution >= 0.6 is 7.82 Å². The molecule has 0 aromatic carbocycles. The maximum Gasteiger partial charge on any atom is 0.472 e. The van der Waals surface area contributed by atoms with Gasteiger partial charge in [0, 0.05) is 13.0 Å². The molecule has 0 aromatic heterocycles. The second kappa shape index (κ2) is 39.7. The average molecular weight is 788 g/mol. The van der Waals surface area contributed by atoms with Crippen LogP contribution in [0.5, 0.6) is 0 Å². The van der Waals surface area contributed by atoms with Gasteiger partial charge in [0.15, 0.2) is 0 Å². The molecule has 0 aliphatic rings. The first-order chi connectivity index (χ1) is 26.2. The van der Waals surface area contributed by atoms with E-state index in [1.807, 2.05) is 0 Å². The van der Waals surface area contributed by atoms with Crippen molar-refractivity contribution in [2.75, 3.05) is 26.4 Å². The molecule has 0 fully saturated rings. The van der Waals surface area contributed by atoms with Crippen molar-refractivity contribution in [1.29, 1.82) is 0 Å². The Morgan fingerprint density at radius 3 is 1.43 bits per heavy atom. The molecule has 4 N–H and O–H groups in total. The van der Waals surface area contributed by atoms with Gasteiger partial charge in [0.05, 0.1) is 19.8 Å². The number of phosphoric acid groups is 1. The van der Waals surface area contributed by atoms with Crippen molar-refractivity contribution in [3.05, 3.63) is 24.3 Å². The number of aliphatic carboxylic acids is 1. The standard InChI is InChI=1S/C43H82NO9P/c1-3-5-7-9-11-13-15-17-18-19-20-21-22-24-26-28-30-32-34-36-50-37-40(38-51-54(48,49)52-39-41(44)43(46)47)53-42(45)35-33-31-29-27-25-23-16-14-12-10-8-6-4-2/h14,16,18-19,40-41H,3-13,15,17,20-39,44H2,1-2H3,(H,46,47)(H,48,49)/b16-14-,19-18-. The second-order valence-electron chi connectivity index (χ2n) is 14.8. The topological polar surface area (TPSA) is 155 Å². The third kappa shape index (κ3) is 38.7. The van der Waals surface area contributed by atoms with Gasteiger partial charge >= 0.3 is 19.8 Å². The van der Waals surface area contributed by atoms with Crippen LogP contribution in [0, 0.1) is 0 Å². The summed E-state index contributed by atoms with van der Waals surface area (Å²) in [6.45, 7) is 3.86. The Balaban J connectivity index is 4.21. The Hall–Kier alpha value is -1.55. The molecule has 318 valence electrons. The Kier molecular flexibility index (Phi) is 38.5. The van der Waals surface area contributed by atoms with Gasteiger partial charge in [-0.1, -0.05) is 154 Å². The number of carbonyl (C=O) groups excluding carboxylic acids is 1. The molecule has 0 aromatic rings. The normalized spacial score (nSPS) is 14.1. The number of carboxylic acids is 1. The molecule has 11 heteroatoms. The fourth-order valence-corrected chi connectivity index (χ4v) is 6.78. The average Bonchev–Trinajstić information content (AvgIpc) is 3.15. The first-order valence-electron chi connectivity index (χ1n) is 21.9. The molecule has 0 radical (unpaired) electrons. The molecule has 3 atom stereocenters. The molecular formula is C43H82NO9P. The zero-order valence-corrected chi connectivity index (χ0v) is 35.5. The molecule has 0 aliphatic carbocycles. The van der Waals surface area contributed by atoms with E-state index in [4.69, 9.17) is 29.4 Å². The maximum atomic E-state index is 12.6. The summed E-state index contributed by atoms with van der Waals surface area (Å²) >= 11 is 0. The van der Waals surface area contributed by atoms with Crippen molar-refractivity contribution in [2.24, 2.45) is 5.73 Å². The van der Waals surface area contributed by atoms with E-state index >= 15 is 0 Å². The van der Waals surface area contributed by atoms with Crippen LogP contribution in [0.15, 0.2) is 24.3 Å². The first-order valence-corrected chi connectivity index (χ1v) is 23.4. The number of hydrogen-bond acceptors (Lipinski definition) is 8. The minimum atomic E-state index is -4.61. The van der Waals surface area contributed by atoms with Gasteiger partial charge in [-0.2, -0.15) is 0 Å². The number of carboxylic acid groups (broad SMARTS) is 1. The maximum absolute atomic E-state index is 12.6. The van der Waals surface area contributed by atoms with Crippen molar-refractivity contribution in [3.63, 3.8) is 0 Å². The van der Waals surface area contributed by atoms with Crippen molar-refractivity contribution >= 4 is 19.8 Å². The predicted octanol–water partition coefficient (Wildman–Crippen LogP) is 11.9. The number of allylic oxidation sites excluding steroid dienone is 4. The second-order valence-corrected chi connectivity index (χ2v) is 16.3. The fraction of sp³-hybridized carbons (Fsp3) is 0.860. The molecular weight excluding hydrogens is 705 g/mol. The minimum absolute atomic E-state index is 0.0139. The lowest BCUT2D eigenvalue weighted by Crippen LogP contribution is -2.34. The summed E-state index contributed by atoms with van der Waals surface area (Å²) in [7, 11) is -4.61. The van der Waals surface area contributed by atoms with E-state index < -0.39 is 45.1 Å². The van der Waals surface area contributed by atoms with Gasteiger partial charge in [-0.25, -0.2) is 4.57 Å². The highest BCUT2D eigenvalue weighted by molar-refractivity contribution is 7.47. The third-order valence-corrected chi connectivity index (χ3v) is 10.4. The quantitative estimate of drug-likeness (QED) is 0.0236. The summed E-state index contributed by atoms with van der Waals surface area (Å²) in [4.78, 5) is 33.5. The summed E-state index contributed by atoms with van der Waals surface area (Å²) in [6.07, 6.45) is 42.3. The van der Waals surface area contributed by atoms with Gasteiger partial charge < -0.3 is 25.2 Å². The number of carbonyl (C=O) groups is 2. The van der Waals surface area contributed by atoms with Crippen molar-refractivity contribution in [2.45, 2.75) is 212 Å². The summed E-state index contributed by atoms with van der Waals surface area (Å²) in [5.74, 6) is -1.79. The van der Waals surface area contributed by atoms with Crippen LogP contribution in [0.2, 0.25) is 0 Å². The highest BCUT2D eigenvalue weighted by Gasteiger charge is 2.27. The molecule has 0 saturated carbocycles. The van der Waals surface area contributed by atoms with Gasteiger partial charge in [-0.15, -0.1) is 0 Å². The summed E-state index contributed by atoms with van der Waals surface area (Å²) in [6, 6.07) is -1.47. The van der Waals surface area contributed by atoms with Crippen LogP contribution in [0.25, 0.3) is 0 Å². The SMILES string of the molecule is CCCCCC/C=C\CCCCCCCC(=O)OC(COCCCCCCCCCC/C=C\CCCCCCCCC)COP(=O)(O)OCC(N)C(=O)O. The predicted molar refractivity (Wildman–Crippen MR) is 222 cm³/mol. The lowest BCUT2D eigenvalue weighted by Gasteiger charge is -2.20. The molecule has 0 bridgehead atoms. The zero-order valence-electron chi connectivity index (χ0n) is 34.6. The Labute approximate surface area is 330 Å². The van der Waals surface area contributed by atoms with Gasteiger partial charge in [-0.05, 0) is 64.2 Å². The van der Waals surface area contributed by atoms with E-state index in [0.717, 1.165) is 51.4 Å². The minimum Gasteiger partial charge on any atom is -0.480 e. The van der Waals surface area contributed by atoms with Crippen LogP contribution in [0.4, 0.5) is 0 Å². The van der Waals surface area contributed by atoms with E-state index in [1.54, 1.807) is 0 Å². The number of unbranched alkanes of at least 4 members (excludes halogenated alkanes) is 24.